The van der Waals surface area contributed by atoms with Crippen molar-refractivity contribution in [2.75, 3.05) is 13.2 Å². The first-order valence-corrected chi connectivity index (χ1v) is 6.50. The van der Waals surface area contributed by atoms with Gasteiger partial charge in [0.2, 0.25) is 0 Å². The molecule has 0 aromatic rings. The van der Waals surface area contributed by atoms with E-state index < -0.39 is 5.60 Å². The van der Waals surface area contributed by atoms with Gasteiger partial charge in [0.25, 0.3) is 0 Å². The predicted molar refractivity (Wildman–Crippen MR) is 67.1 cm³/mol. The van der Waals surface area contributed by atoms with E-state index in [0.717, 1.165) is 12.8 Å². The molecule has 1 fully saturated rings. The average molecular weight is 243 g/mol. The van der Waals surface area contributed by atoms with Crippen molar-refractivity contribution in [3.63, 3.8) is 0 Å². The highest BCUT2D eigenvalue weighted by atomic mass is 16.6. The van der Waals surface area contributed by atoms with Gasteiger partial charge in [-0.2, -0.15) is 0 Å². The lowest BCUT2D eigenvalue weighted by molar-refractivity contribution is -0.0668. The summed E-state index contributed by atoms with van der Waals surface area (Å²) in [5.74, 6) is 0. The van der Waals surface area contributed by atoms with E-state index >= 15 is 0 Å². The van der Waals surface area contributed by atoms with Crippen molar-refractivity contribution < 1.29 is 14.3 Å². The van der Waals surface area contributed by atoms with E-state index in [0.29, 0.717) is 13.2 Å². The zero-order valence-electron chi connectivity index (χ0n) is 11.7. The third-order valence-electron chi connectivity index (χ3n) is 3.39. The van der Waals surface area contributed by atoms with Crippen molar-refractivity contribution in [3.8, 4) is 0 Å². The molecule has 0 aromatic heterocycles. The summed E-state index contributed by atoms with van der Waals surface area (Å²) in [6.07, 6.45) is 1.60. The first-order valence-electron chi connectivity index (χ1n) is 6.50. The molecule has 2 atom stereocenters. The second-order valence-electron chi connectivity index (χ2n) is 5.34. The van der Waals surface area contributed by atoms with Gasteiger partial charge >= 0.3 is 6.09 Å². The molecule has 0 aromatic carbocycles. The van der Waals surface area contributed by atoms with Gasteiger partial charge in [0.05, 0.1) is 25.3 Å². The van der Waals surface area contributed by atoms with Crippen molar-refractivity contribution in [1.29, 1.82) is 0 Å². The fourth-order valence-corrected chi connectivity index (χ4v) is 1.77. The molecule has 2 unspecified atom stereocenters. The second-order valence-corrected chi connectivity index (χ2v) is 5.34. The number of carbonyl (C=O) groups excluding carboxylic acids is 1. The van der Waals surface area contributed by atoms with E-state index in [1.807, 2.05) is 32.6 Å². The van der Waals surface area contributed by atoms with Gasteiger partial charge in [-0.15, -0.1) is 0 Å². The number of hydrogen-bond acceptors (Lipinski definition) is 3. The fraction of sp³-hybridized carbons (Fsp3) is 0.923. The van der Waals surface area contributed by atoms with Crippen LogP contribution in [-0.4, -0.2) is 41.9 Å². The first-order chi connectivity index (χ1) is 7.89. The summed E-state index contributed by atoms with van der Waals surface area (Å²) in [4.78, 5) is 13.9. The van der Waals surface area contributed by atoms with Crippen molar-refractivity contribution in [2.24, 2.45) is 0 Å². The third-order valence-corrected chi connectivity index (χ3v) is 3.39. The van der Waals surface area contributed by atoms with E-state index in [-0.39, 0.29) is 18.2 Å². The van der Waals surface area contributed by atoms with Crippen LogP contribution in [0.2, 0.25) is 0 Å². The van der Waals surface area contributed by atoms with Crippen LogP contribution in [0.15, 0.2) is 0 Å². The van der Waals surface area contributed by atoms with Crippen LogP contribution >= 0.6 is 0 Å². The molecule has 0 N–H and O–H groups in total. The fourth-order valence-electron chi connectivity index (χ4n) is 1.77. The molecule has 1 rings (SSSR count). The summed E-state index contributed by atoms with van der Waals surface area (Å²) in [5.41, 5.74) is -0.392. The van der Waals surface area contributed by atoms with Crippen LogP contribution in [0.5, 0.6) is 0 Å². The number of morpholine rings is 1. The van der Waals surface area contributed by atoms with Crippen molar-refractivity contribution in [2.45, 2.75) is 65.2 Å². The second kappa shape index (κ2) is 5.71. The van der Waals surface area contributed by atoms with E-state index in [9.17, 15) is 4.79 Å². The molecule has 4 heteroatoms. The molecule has 100 valence electrons. The molecular weight excluding hydrogens is 218 g/mol. The van der Waals surface area contributed by atoms with Gasteiger partial charge in [0.1, 0.15) is 5.60 Å². The molecule has 1 aliphatic rings. The topological polar surface area (TPSA) is 38.8 Å². The molecule has 1 saturated heterocycles. The molecule has 17 heavy (non-hydrogen) atoms. The number of rotatable bonds is 3. The van der Waals surface area contributed by atoms with Crippen LogP contribution in [0.4, 0.5) is 4.79 Å². The highest BCUT2D eigenvalue weighted by Crippen LogP contribution is 2.20. The Morgan fingerprint density at radius 2 is 2.12 bits per heavy atom. The van der Waals surface area contributed by atoms with E-state index in [2.05, 4.69) is 6.92 Å². The van der Waals surface area contributed by atoms with Gasteiger partial charge in [0, 0.05) is 0 Å². The first kappa shape index (κ1) is 14.3. The number of carbonyl (C=O) groups is 1. The van der Waals surface area contributed by atoms with Crippen LogP contribution in [0, 0.1) is 0 Å². The summed E-state index contributed by atoms with van der Waals surface area (Å²) < 4.78 is 11.1. The smallest absolute Gasteiger partial charge is 0.410 e. The predicted octanol–water partition coefficient (Wildman–Crippen LogP) is 2.81. The van der Waals surface area contributed by atoms with Crippen molar-refractivity contribution >= 4 is 6.09 Å². The van der Waals surface area contributed by atoms with Crippen LogP contribution in [-0.2, 0) is 9.47 Å². The number of hydrogen-bond donors (Lipinski definition) is 0. The van der Waals surface area contributed by atoms with Crippen molar-refractivity contribution in [3.05, 3.63) is 0 Å². The lowest BCUT2D eigenvalue weighted by atomic mass is 10.1. The lowest BCUT2D eigenvalue weighted by Crippen LogP contribution is -2.52. The van der Waals surface area contributed by atoms with Gasteiger partial charge in [-0.1, -0.05) is 13.8 Å². The molecule has 1 aliphatic heterocycles. The highest BCUT2D eigenvalue weighted by molar-refractivity contribution is 5.68. The molecule has 4 nitrogen and oxygen atoms in total. The standard InChI is InChI=1S/C13H25NO3/c1-6-11-9-16-10(3)8-14(11)12(15)17-13(4,5)7-2/h10-11H,6-9H2,1-5H3. The average Bonchev–Trinajstić information content (AvgIpc) is 2.28. The third kappa shape index (κ3) is 3.87. The lowest BCUT2D eigenvalue weighted by Gasteiger charge is -2.39. The van der Waals surface area contributed by atoms with Crippen LogP contribution in [0.3, 0.4) is 0 Å². The molecule has 0 aliphatic carbocycles. The highest BCUT2D eigenvalue weighted by Gasteiger charge is 2.33. The van der Waals surface area contributed by atoms with Gasteiger partial charge in [-0.05, 0) is 33.6 Å². The molecule has 0 bridgehead atoms. The van der Waals surface area contributed by atoms with Gasteiger partial charge in [-0.3, -0.25) is 0 Å². The Morgan fingerprint density at radius 1 is 1.47 bits per heavy atom. The Hall–Kier alpha value is -0.770. The number of amides is 1. The maximum Gasteiger partial charge on any atom is 0.410 e. The van der Waals surface area contributed by atoms with E-state index in [1.165, 1.54) is 0 Å². The Kier molecular flexibility index (Phi) is 4.80. The Balaban J connectivity index is 2.64. The molecular formula is C13H25NO3. The summed E-state index contributed by atoms with van der Waals surface area (Å²) in [5, 5.41) is 0. The summed E-state index contributed by atoms with van der Waals surface area (Å²) in [6, 6.07) is 0.145. The van der Waals surface area contributed by atoms with Crippen LogP contribution in [0.1, 0.15) is 47.5 Å². The van der Waals surface area contributed by atoms with Gasteiger partial charge < -0.3 is 14.4 Å². The Labute approximate surface area is 104 Å². The van der Waals surface area contributed by atoms with Crippen molar-refractivity contribution in [1.82, 2.24) is 4.90 Å². The summed E-state index contributed by atoms with van der Waals surface area (Å²) >= 11 is 0. The minimum atomic E-state index is -0.392. The zero-order valence-corrected chi connectivity index (χ0v) is 11.7. The van der Waals surface area contributed by atoms with E-state index in [1.54, 1.807) is 0 Å². The maximum atomic E-state index is 12.1. The minimum absolute atomic E-state index is 0.0927. The molecule has 1 amide bonds. The maximum absolute atomic E-state index is 12.1. The van der Waals surface area contributed by atoms with Gasteiger partial charge in [-0.25, -0.2) is 4.79 Å². The zero-order chi connectivity index (χ0) is 13.1. The quantitative estimate of drug-likeness (QED) is 0.765. The normalized spacial score (nSPS) is 25.8. The van der Waals surface area contributed by atoms with Crippen LogP contribution in [0.25, 0.3) is 0 Å². The number of nitrogens with zero attached hydrogens (tertiary/aromatic N) is 1. The summed E-state index contributed by atoms with van der Waals surface area (Å²) in [7, 11) is 0. The Bertz CT molecular complexity index is 265. The van der Waals surface area contributed by atoms with Crippen LogP contribution < -0.4 is 0 Å². The monoisotopic (exact) mass is 243 g/mol. The largest absolute Gasteiger partial charge is 0.443 e. The molecule has 1 heterocycles. The SMILES string of the molecule is CCC1COC(C)CN1C(=O)OC(C)(C)CC. The molecule has 0 spiro atoms. The molecule has 0 saturated carbocycles. The van der Waals surface area contributed by atoms with E-state index in [4.69, 9.17) is 9.47 Å². The van der Waals surface area contributed by atoms with Gasteiger partial charge in [0.15, 0.2) is 0 Å². The molecule has 0 radical (unpaired) electrons. The minimum Gasteiger partial charge on any atom is -0.443 e. The Morgan fingerprint density at radius 3 is 2.65 bits per heavy atom. The number of ether oxygens (including phenoxy) is 2. The summed E-state index contributed by atoms with van der Waals surface area (Å²) in [6.45, 7) is 11.2.